The highest BCUT2D eigenvalue weighted by Gasteiger charge is 2.31. The number of ether oxygens (including phenoxy) is 2. The molecule has 0 aliphatic carbocycles. The summed E-state index contributed by atoms with van der Waals surface area (Å²) in [4.78, 5) is -0.842. The van der Waals surface area contributed by atoms with Crippen LogP contribution in [-0.4, -0.2) is 34.0 Å². The molecule has 0 saturated carbocycles. The predicted octanol–water partition coefficient (Wildman–Crippen LogP) is 6.18. The van der Waals surface area contributed by atoms with E-state index in [9.17, 15) is 34.8 Å². The molecule has 1 N–H and O–H groups in total. The molecule has 13 heteroatoms. The van der Waals surface area contributed by atoms with Crippen molar-refractivity contribution in [3.63, 3.8) is 0 Å². The summed E-state index contributed by atoms with van der Waals surface area (Å²) in [6, 6.07) is 11.5. The highest BCUT2D eigenvalue weighted by atomic mass is 35.5. The van der Waals surface area contributed by atoms with Gasteiger partial charge in [0.05, 0.1) is 5.69 Å². The molecule has 0 saturated heterocycles. The van der Waals surface area contributed by atoms with E-state index in [1.807, 2.05) is 0 Å². The molecule has 0 spiro atoms. The zero-order valence-electron chi connectivity index (χ0n) is 16.3. The first kappa shape index (κ1) is 24.8. The van der Waals surface area contributed by atoms with Crippen LogP contribution in [0.15, 0.2) is 59.5 Å². The van der Waals surface area contributed by atoms with E-state index < -0.39 is 52.0 Å². The van der Waals surface area contributed by atoms with Gasteiger partial charge in [0.2, 0.25) is 0 Å². The molecular weight excluding hydrogens is 500 g/mol. The Kier molecular flexibility index (Phi) is 6.89. The van der Waals surface area contributed by atoms with Gasteiger partial charge in [-0.3, -0.25) is 4.72 Å². The maximum atomic E-state index is 13.0. The SMILES string of the molecule is O=S(=O)(Nc1ccc(Cl)c2ccccc12)c1cc(OCC(F)(F)F)ccc1OCC(F)(F)F. The topological polar surface area (TPSA) is 64.6 Å². The van der Waals surface area contributed by atoms with Crippen molar-refractivity contribution in [1.29, 1.82) is 0 Å². The number of benzene rings is 3. The number of sulfonamides is 1. The average molecular weight is 514 g/mol. The lowest BCUT2D eigenvalue weighted by Crippen LogP contribution is -2.22. The Labute approximate surface area is 188 Å². The number of nitrogens with one attached hydrogen (secondary N) is 1. The van der Waals surface area contributed by atoms with Gasteiger partial charge in [-0.15, -0.1) is 0 Å². The van der Waals surface area contributed by atoms with Crippen molar-refractivity contribution in [1.82, 2.24) is 0 Å². The van der Waals surface area contributed by atoms with Crippen molar-refractivity contribution in [2.24, 2.45) is 0 Å². The van der Waals surface area contributed by atoms with Crippen molar-refractivity contribution < 1.29 is 44.2 Å². The summed E-state index contributed by atoms with van der Waals surface area (Å²) in [5.41, 5.74) is 0.0402. The predicted molar refractivity (Wildman–Crippen MR) is 109 cm³/mol. The zero-order valence-corrected chi connectivity index (χ0v) is 17.9. The van der Waals surface area contributed by atoms with Gasteiger partial charge in [-0.1, -0.05) is 35.9 Å². The molecule has 3 aromatic carbocycles. The molecular formula is C20H14ClF6NO4S. The fourth-order valence-corrected chi connectivity index (χ4v) is 4.25. The molecule has 3 rings (SSSR count). The lowest BCUT2D eigenvalue weighted by atomic mass is 10.1. The van der Waals surface area contributed by atoms with E-state index in [1.165, 1.54) is 12.1 Å². The lowest BCUT2D eigenvalue weighted by Gasteiger charge is -2.17. The monoisotopic (exact) mass is 513 g/mol. The maximum absolute atomic E-state index is 13.0. The van der Waals surface area contributed by atoms with E-state index in [0.717, 1.165) is 12.1 Å². The van der Waals surface area contributed by atoms with Crippen LogP contribution in [0.5, 0.6) is 11.5 Å². The van der Waals surface area contributed by atoms with E-state index >= 15 is 0 Å². The van der Waals surface area contributed by atoms with Crippen LogP contribution >= 0.6 is 11.6 Å². The first-order chi connectivity index (χ1) is 15.3. The smallest absolute Gasteiger partial charge is 0.422 e. The molecule has 178 valence electrons. The summed E-state index contributed by atoms with van der Waals surface area (Å²) in [5.74, 6) is -1.26. The first-order valence-electron chi connectivity index (χ1n) is 8.98. The fourth-order valence-electron chi connectivity index (χ4n) is 2.78. The molecule has 3 aromatic rings. The molecule has 0 radical (unpaired) electrons. The second kappa shape index (κ2) is 9.18. The number of hydrogen-bond acceptors (Lipinski definition) is 4. The quantitative estimate of drug-likeness (QED) is 0.383. The summed E-state index contributed by atoms with van der Waals surface area (Å²) in [6.07, 6.45) is -9.50. The van der Waals surface area contributed by atoms with Gasteiger partial charge in [-0.05, 0) is 24.3 Å². The van der Waals surface area contributed by atoms with Crippen LogP contribution in [0.2, 0.25) is 5.02 Å². The number of halogens is 7. The number of alkyl halides is 6. The number of anilines is 1. The van der Waals surface area contributed by atoms with Crippen LogP contribution in [0.1, 0.15) is 0 Å². The molecule has 33 heavy (non-hydrogen) atoms. The van der Waals surface area contributed by atoms with E-state index in [-0.39, 0.29) is 5.69 Å². The Hall–Kier alpha value is -2.86. The summed E-state index contributed by atoms with van der Waals surface area (Å²) in [5, 5.41) is 1.20. The first-order valence-corrected chi connectivity index (χ1v) is 10.8. The van der Waals surface area contributed by atoms with Crippen molar-refractivity contribution in [3.8, 4) is 11.5 Å². The summed E-state index contributed by atoms with van der Waals surface area (Å²) in [7, 11) is -4.64. The molecule has 0 unspecified atom stereocenters. The highest BCUT2D eigenvalue weighted by Crippen LogP contribution is 2.35. The largest absolute Gasteiger partial charge is 0.484 e. The summed E-state index contributed by atoms with van der Waals surface area (Å²) < 4.78 is 113. The Balaban J connectivity index is 2.02. The normalized spacial score (nSPS) is 12.6. The molecule has 0 aromatic heterocycles. The Morgan fingerprint density at radius 2 is 1.42 bits per heavy atom. The summed E-state index contributed by atoms with van der Waals surface area (Å²) >= 11 is 6.11. The molecule has 0 aliphatic heterocycles. The number of rotatable bonds is 7. The minimum absolute atomic E-state index is 0.0402. The van der Waals surface area contributed by atoms with Crippen LogP contribution < -0.4 is 14.2 Å². The van der Waals surface area contributed by atoms with Crippen LogP contribution in [0.3, 0.4) is 0 Å². The average Bonchev–Trinajstić information content (AvgIpc) is 2.72. The van der Waals surface area contributed by atoms with E-state index in [4.69, 9.17) is 11.6 Å². The van der Waals surface area contributed by atoms with Gasteiger partial charge in [0, 0.05) is 21.9 Å². The van der Waals surface area contributed by atoms with Gasteiger partial charge in [0.1, 0.15) is 16.4 Å². The van der Waals surface area contributed by atoms with Crippen molar-refractivity contribution in [2.75, 3.05) is 17.9 Å². The van der Waals surface area contributed by atoms with Crippen LogP contribution in [0, 0.1) is 0 Å². The van der Waals surface area contributed by atoms with Crippen LogP contribution in [0.4, 0.5) is 32.0 Å². The highest BCUT2D eigenvalue weighted by molar-refractivity contribution is 7.92. The third kappa shape index (κ3) is 6.57. The van der Waals surface area contributed by atoms with Gasteiger partial charge in [0.25, 0.3) is 10.0 Å². The fraction of sp³-hybridized carbons (Fsp3) is 0.200. The molecule has 5 nitrogen and oxygen atoms in total. The van der Waals surface area contributed by atoms with E-state index in [2.05, 4.69) is 14.2 Å². The lowest BCUT2D eigenvalue weighted by molar-refractivity contribution is -0.154. The molecule has 0 heterocycles. The van der Waals surface area contributed by atoms with Crippen molar-refractivity contribution in [2.45, 2.75) is 17.2 Å². The third-order valence-electron chi connectivity index (χ3n) is 4.11. The molecule has 0 aliphatic rings. The van der Waals surface area contributed by atoms with Gasteiger partial charge < -0.3 is 9.47 Å². The van der Waals surface area contributed by atoms with Crippen molar-refractivity contribution in [3.05, 3.63) is 59.6 Å². The van der Waals surface area contributed by atoms with Gasteiger partial charge in [-0.2, -0.15) is 26.3 Å². The number of hydrogen-bond donors (Lipinski definition) is 1. The second-order valence-electron chi connectivity index (χ2n) is 6.66. The van der Waals surface area contributed by atoms with Crippen LogP contribution in [-0.2, 0) is 10.0 Å². The molecule has 0 bridgehead atoms. The van der Waals surface area contributed by atoms with Gasteiger partial charge >= 0.3 is 12.4 Å². The van der Waals surface area contributed by atoms with Crippen molar-refractivity contribution >= 4 is 38.1 Å². The molecule has 0 amide bonds. The van der Waals surface area contributed by atoms with Crippen LogP contribution in [0.25, 0.3) is 10.8 Å². The Bertz CT molecular complexity index is 1260. The minimum atomic E-state index is -4.79. The minimum Gasteiger partial charge on any atom is -0.484 e. The Morgan fingerprint density at radius 3 is 2.06 bits per heavy atom. The second-order valence-corrected chi connectivity index (χ2v) is 8.72. The number of fused-ring (bicyclic) bond motifs is 1. The van der Waals surface area contributed by atoms with E-state index in [1.54, 1.807) is 24.3 Å². The Morgan fingerprint density at radius 1 is 0.818 bits per heavy atom. The summed E-state index contributed by atoms with van der Waals surface area (Å²) in [6.45, 7) is -3.55. The molecule has 0 fully saturated rings. The van der Waals surface area contributed by atoms with E-state index in [0.29, 0.717) is 21.9 Å². The zero-order chi connectivity index (χ0) is 24.4. The van der Waals surface area contributed by atoms with Gasteiger partial charge in [0.15, 0.2) is 13.2 Å². The maximum Gasteiger partial charge on any atom is 0.422 e. The standard InChI is InChI=1S/C20H14ClF6NO4S/c21-15-6-7-16(14-4-2-1-3-13(14)15)28-33(29,30)18-9-12(31-10-19(22,23)24)5-8-17(18)32-11-20(25,26)27/h1-9,28H,10-11H2. The van der Waals surface area contributed by atoms with Gasteiger partial charge in [-0.25, -0.2) is 8.42 Å². The third-order valence-corrected chi connectivity index (χ3v) is 5.83. The molecule has 0 atom stereocenters.